The maximum Gasteiger partial charge on any atom is 0.133 e. The van der Waals surface area contributed by atoms with Gasteiger partial charge in [0.25, 0.3) is 0 Å². The van der Waals surface area contributed by atoms with Crippen LogP contribution in [0, 0.1) is 6.92 Å². The van der Waals surface area contributed by atoms with Crippen molar-refractivity contribution in [3.63, 3.8) is 0 Å². The Hall–Kier alpha value is -1.97. The number of fused-ring (bicyclic) bond motifs is 1. The number of hydrogen-bond acceptors (Lipinski definition) is 2. The smallest absolute Gasteiger partial charge is 0.133 e. The van der Waals surface area contributed by atoms with E-state index < -0.39 is 0 Å². The van der Waals surface area contributed by atoms with Gasteiger partial charge in [-0.05, 0) is 37.1 Å². The van der Waals surface area contributed by atoms with Crippen molar-refractivity contribution in [2.45, 2.75) is 13.3 Å². The number of rotatable bonds is 2. The zero-order valence-corrected chi connectivity index (χ0v) is 14.1. The summed E-state index contributed by atoms with van der Waals surface area (Å²) in [7, 11) is 0. The summed E-state index contributed by atoms with van der Waals surface area (Å²) in [5, 5.41) is 9.37. The summed E-state index contributed by atoms with van der Waals surface area (Å²) in [6, 6.07) is 14.0. The first-order valence-electron chi connectivity index (χ1n) is 7.52. The molecule has 0 unspecified atom stereocenters. The number of benzene rings is 2. The van der Waals surface area contributed by atoms with Gasteiger partial charge in [0.1, 0.15) is 5.82 Å². The van der Waals surface area contributed by atoms with Gasteiger partial charge in [0.2, 0.25) is 0 Å². The highest BCUT2D eigenvalue weighted by Crippen LogP contribution is 2.39. The third-order valence-corrected chi connectivity index (χ3v) is 4.92. The Kier molecular flexibility index (Phi) is 3.55. The molecule has 0 bridgehead atoms. The van der Waals surface area contributed by atoms with Crippen LogP contribution in [0.15, 0.2) is 42.5 Å². The molecule has 5 heteroatoms. The van der Waals surface area contributed by atoms with Crippen LogP contribution in [0.5, 0.6) is 0 Å². The zero-order valence-electron chi connectivity index (χ0n) is 12.6. The number of nitrogens with one attached hydrogen (secondary N) is 1. The lowest BCUT2D eigenvalue weighted by Crippen LogP contribution is -2.04. The van der Waals surface area contributed by atoms with Crippen LogP contribution < -0.4 is 5.32 Å². The predicted octanol–water partition coefficient (Wildman–Crippen LogP) is 5.12. The fourth-order valence-corrected chi connectivity index (χ4v) is 3.41. The minimum absolute atomic E-state index is 0.550. The number of nitrogens with zero attached hydrogens (tertiary/aromatic N) is 2. The van der Waals surface area contributed by atoms with Gasteiger partial charge in [0.15, 0.2) is 0 Å². The standard InChI is InChI=1S/C18H15Cl2N3/c1-11-4-2-5-12(10-11)23-18-14(8-9-21-18)17(22-23)13-6-3-7-15(19)16(13)20/h2-7,10,21H,8-9H2,1H3. The minimum atomic E-state index is 0.550. The third kappa shape index (κ3) is 2.41. The molecular weight excluding hydrogens is 329 g/mol. The summed E-state index contributed by atoms with van der Waals surface area (Å²) in [4.78, 5) is 0. The molecule has 3 nitrogen and oxygen atoms in total. The van der Waals surface area contributed by atoms with Crippen LogP contribution in [0.1, 0.15) is 11.1 Å². The SMILES string of the molecule is Cc1cccc(-n2nc(-c3cccc(Cl)c3Cl)c3c2NCC3)c1. The van der Waals surface area contributed by atoms with Crippen LogP contribution in [0.4, 0.5) is 5.82 Å². The van der Waals surface area contributed by atoms with Crippen LogP contribution in [0.25, 0.3) is 16.9 Å². The van der Waals surface area contributed by atoms with E-state index in [2.05, 4.69) is 30.4 Å². The predicted molar refractivity (Wildman–Crippen MR) is 96.0 cm³/mol. The first-order valence-corrected chi connectivity index (χ1v) is 8.28. The van der Waals surface area contributed by atoms with Gasteiger partial charge < -0.3 is 5.32 Å². The summed E-state index contributed by atoms with van der Waals surface area (Å²) >= 11 is 12.6. The van der Waals surface area contributed by atoms with Crippen molar-refractivity contribution in [2.24, 2.45) is 0 Å². The van der Waals surface area contributed by atoms with Crippen molar-refractivity contribution in [1.29, 1.82) is 0 Å². The number of hydrogen-bond donors (Lipinski definition) is 1. The molecule has 0 aliphatic carbocycles. The lowest BCUT2D eigenvalue weighted by Gasteiger charge is -2.07. The first kappa shape index (κ1) is 14.6. The molecular formula is C18H15Cl2N3. The van der Waals surface area contributed by atoms with E-state index in [-0.39, 0.29) is 0 Å². The second kappa shape index (κ2) is 5.59. The summed E-state index contributed by atoms with van der Waals surface area (Å²) < 4.78 is 1.96. The van der Waals surface area contributed by atoms with E-state index in [0.29, 0.717) is 10.0 Å². The molecule has 2 aromatic carbocycles. The molecule has 1 aromatic heterocycles. The average Bonchev–Trinajstić information content (AvgIpc) is 3.12. The van der Waals surface area contributed by atoms with Crippen molar-refractivity contribution in [3.05, 3.63) is 63.6 Å². The van der Waals surface area contributed by atoms with Crippen LogP contribution >= 0.6 is 23.2 Å². The molecule has 0 fully saturated rings. The van der Waals surface area contributed by atoms with Crippen molar-refractivity contribution in [3.8, 4) is 16.9 Å². The maximum atomic E-state index is 6.41. The molecule has 116 valence electrons. The van der Waals surface area contributed by atoms with Crippen molar-refractivity contribution in [1.82, 2.24) is 9.78 Å². The number of aromatic nitrogens is 2. The molecule has 2 heterocycles. The fourth-order valence-electron chi connectivity index (χ4n) is 3.02. The van der Waals surface area contributed by atoms with Crippen molar-refractivity contribution < 1.29 is 0 Å². The normalized spacial score (nSPS) is 13.0. The van der Waals surface area contributed by atoms with E-state index >= 15 is 0 Å². The topological polar surface area (TPSA) is 29.9 Å². The maximum absolute atomic E-state index is 6.41. The summed E-state index contributed by atoms with van der Waals surface area (Å²) in [5.74, 6) is 1.04. The number of aryl methyl sites for hydroxylation is 1. The van der Waals surface area contributed by atoms with Crippen LogP contribution in [0.2, 0.25) is 10.0 Å². The molecule has 0 radical (unpaired) electrons. The molecule has 1 aliphatic rings. The lowest BCUT2D eigenvalue weighted by molar-refractivity contribution is 0.881. The molecule has 23 heavy (non-hydrogen) atoms. The van der Waals surface area contributed by atoms with E-state index in [1.54, 1.807) is 6.07 Å². The Morgan fingerprint density at radius 3 is 2.78 bits per heavy atom. The van der Waals surface area contributed by atoms with Gasteiger partial charge in [-0.1, -0.05) is 47.5 Å². The molecule has 3 aromatic rings. The van der Waals surface area contributed by atoms with Gasteiger partial charge in [0.05, 0.1) is 21.4 Å². The highest BCUT2D eigenvalue weighted by atomic mass is 35.5. The highest BCUT2D eigenvalue weighted by Gasteiger charge is 2.25. The Labute approximate surface area is 144 Å². The highest BCUT2D eigenvalue weighted by molar-refractivity contribution is 6.43. The van der Waals surface area contributed by atoms with Crippen LogP contribution in [-0.2, 0) is 6.42 Å². The second-order valence-corrected chi connectivity index (χ2v) is 6.49. The molecule has 0 saturated heterocycles. The monoisotopic (exact) mass is 343 g/mol. The van der Waals surface area contributed by atoms with E-state index in [1.807, 2.05) is 22.9 Å². The average molecular weight is 344 g/mol. The molecule has 1 aliphatic heterocycles. The molecule has 0 saturated carbocycles. The van der Waals surface area contributed by atoms with Gasteiger partial charge in [-0.2, -0.15) is 5.10 Å². The minimum Gasteiger partial charge on any atom is -0.369 e. The van der Waals surface area contributed by atoms with E-state index in [0.717, 1.165) is 35.7 Å². The van der Waals surface area contributed by atoms with Gasteiger partial charge in [-0.15, -0.1) is 0 Å². The van der Waals surface area contributed by atoms with Gasteiger partial charge >= 0.3 is 0 Å². The zero-order chi connectivity index (χ0) is 16.0. The number of halogens is 2. The molecule has 4 rings (SSSR count). The summed E-state index contributed by atoms with van der Waals surface area (Å²) in [5.41, 5.74) is 5.22. The Bertz CT molecular complexity index is 899. The lowest BCUT2D eigenvalue weighted by atomic mass is 10.1. The van der Waals surface area contributed by atoms with Crippen molar-refractivity contribution in [2.75, 3.05) is 11.9 Å². The summed E-state index contributed by atoms with van der Waals surface area (Å²) in [6.45, 7) is 2.99. The van der Waals surface area contributed by atoms with Crippen LogP contribution in [-0.4, -0.2) is 16.3 Å². The molecule has 1 N–H and O–H groups in total. The van der Waals surface area contributed by atoms with Gasteiger partial charge in [-0.3, -0.25) is 0 Å². The quantitative estimate of drug-likeness (QED) is 0.699. The Balaban J connectivity index is 1.93. The van der Waals surface area contributed by atoms with Crippen LogP contribution in [0.3, 0.4) is 0 Å². The number of anilines is 1. The second-order valence-electron chi connectivity index (χ2n) is 5.70. The first-order chi connectivity index (χ1) is 11.1. The van der Waals surface area contributed by atoms with E-state index in [1.165, 1.54) is 11.1 Å². The Morgan fingerprint density at radius 2 is 1.96 bits per heavy atom. The Morgan fingerprint density at radius 1 is 1.13 bits per heavy atom. The fraction of sp³-hybridized carbons (Fsp3) is 0.167. The summed E-state index contributed by atoms with van der Waals surface area (Å²) in [6.07, 6.45) is 0.930. The largest absolute Gasteiger partial charge is 0.369 e. The molecule has 0 spiro atoms. The molecule has 0 amide bonds. The van der Waals surface area contributed by atoms with Gasteiger partial charge in [-0.25, -0.2) is 4.68 Å². The molecule has 0 atom stereocenters. The van der Waals surface area contributed by atoms with E-state index in [4.69, 9.17) is 28.3 Å². The van der Waals surface area contributed by atoms with Gasteiger partial charge in [0, 0.05) is 17.7 Å². The van der Waals surface area contributed by atoms with E-state index in [9.17, 15) is 0 Å². The van der Waals surface area contributed by atoms with Crippen molar-refractivity contribution >= 4 is 29.0 Å². The third-order valence-electron chi connectivity index (χ3n) is 4.10.